The van der Waals surface area contributed by atoms with Gasteiger partial charge >= 0.3 is 21.6 Å². The molecule has 1 aliphatic rings. The lowest BCUT2D eigenvalue weighted by Crippen LogP contribution is -2.28. The van der Waals surface area contributed by atoms with Crippen LogP contribution in [0.2, 0.25) is 0 Å². The summed E-state index contributed by atoms with van der Waals surface area (Å²) in [5, 5.41) is 1.39. The van der Waals surface area contributed by atoms with Crippen molar-refractivity contribution in [1.82, 2.24) is 9.97 Å². The summed E-state index contributed by atoms with van der Waals surface area (Å²) in [7, 11) is -5.89. The van der Waals surface area contributed by atoms with E-state index in [4.69, 9.17) is 9.47 Å². The SMILES string of the molecule is CC(=O)OCCc1c(C)cc2nc(OS(=O)(=O)C(F)(F)F)ccc2c1-c1ccc2c3c(ccnc13)CCO2. The first-order valence-electron chi connectivity index (χ1n) is 11.6. The Morgan fingerprint density at radius 3 is 2.68 bits per heavy atom. The number of hydrogen-bond acceptors (Lipinski definition) is 8. The Kier molecular flexibility index (Phi) is 6.38. The number of alkyl halides is 3. The lowest BCUT2D eigenvalue weighted by molar-refractivity contribution is -0.140. The number of ether oxygens (including phenoxy) is 2. The second-order valence-corrected chi connectivity index (χ2v) is 10.3. The minimum absolute atomic E-state index is 0.102. The third-order valence-corrected chi connectivity index (χ3v) is 7.23. The maximum absolute atomic E-state index is 12.9. The Morgan fingerprint density at radius 2 is 1.95 bits per heavy atom. The highest BCUT2D eigenvalue weighted by molar-refractivity contribution is 7.87. The number of rotatable bonds is 6. The van der Waals surface area contributed by atoms with E-state index in [1.54, 1.807) is 19.2 Å². The number of pyridine rings is 2. The molecule has 1 aliphatic heterocycles. The Bertz CT molecular complexity index is 1690. The molecule has 4 aromatic rings. The Balaban J connectivity index is 1.74. The van der Waals surface area contributed by atoms with Crippen LogP contribution in [0, 0.1) is 6.92 Å². The van der Waals surface area contributed by atoms with Gasteiger partial charge in [-0.3, -0.25) is 9.78 Å². The van der Waals surface area contributed by atoms with Gasteiger partial charge in [0.05, 0.1) is 24.2 Å². The number of aromatic nitrogens is 2. The first-order chi connectivity index (χ1) is 18.0. The summed E-state index contributed by atoms with van der Waals surface area (Å²) in [6, 6.07) is 9.77. The number of carbonyl (C=O) groups is 1. The predicted octanol–water partition coefficient (Wildman–Crippen LogP) is 5.03. The van der Waals surface area contributed by atoms with Gasteiger partial charge in [0, 0.05) is 48.4 Å². The highest BCUT2D eigenvalue weighted by Gasteiger charge is 2.48. The number of hydrogen-bond donors (Lipinski definition) is 0. The third-order valence-electron chi connectivity index (χ3n) is 6.27. The highest BCUT2D eigenvalue weighted by Crippen LogP contribution is 2.42. The Hall–Kier alpha value is -3.93. The molecule has 3 heterocycles. The average molecular weight is 547 g/mol. The zero-order valence-corrected chi connectivity index (χ0v) is 21.1. The van der Waals surface area contributed by atoms with Crippen molar-refractivity contribution >= 4 is 37.9 Å². The summed E-state index contributed by atoms with van der Waals surface area (Å²) in [6.45, 7) is 3.74. The fourth-order valence-electron chi connectivity index (χ4n) is 4.67. The molecule has 0 atom stereocenters. The van der Waals surface area contributed by atoms with E-state index in [9.17, 15) is 26.4 Å². The average Bonchev–Trinajstić information content (AvgIpc) is 2.84. The normalized spacial score (nSPS) is 13.4. The van der Waals surface area contributed by atoms with Crippen LogP contribution in [0.25, 0.3) is 32.9 Å². The van der Waals surface area contributed by atoms with E-state index in [1.807, 2.05) is 18.2 Å². The third kappa shape index (κ3) is 4.60. The van der Waals surface area contributed by atoms with Crippen LogP contribution in [0.4, 0.5) is 13.2 Å². The van der Waals surface area contributed by atoms with Crippen LogP contribution in [0.3, 0.4) is 0 Å². The van der Waals surface area contributed by atoms with Crippen molar-refractivity contribution < 1.29 is 40.0 Å². The van der Waals surface area contributed by atoms with Crippen LogP contribution in [0.5, 0.6) is 11.6 Å². The number of halogens is 3. The minimum atomic E-state index is -5.89. The van der Waals surface area contributed by atoms with Gasteiger partial charge in [-0.1, -0.05) is 0 Å². The number of nitrogens with zero attached hydrogens (tertiary/aromatic N) is 2. The first-order valence-corrected chi connectivity index (χ1v) is 13.0. The van der Waals surface area contributed by atoms with E-state index in [0.717, 1.165) is 28.1 Å². The van der Waals surface area contributed by atoms with E-state index in [-0.39, 0.29) is 12.1 Å². The van der Waals surface area contributed by atoms with Gasteiger partial charge in [-0.05, 0) is 59.5 Å². The van der Waals surface area contributed by atoms with Crippen LogP contribution in [0.15, 0.2) is 42.6 Å². The highest BCUT2D eigenvalue weighted by atomic mass is 32.2. The molecule has 8 nitrogen and oxygen atoms in total. The molecule has 0 saturated carbocycles. The first kappa shape index (κ1) is 25.7. The van der Waals surface area contributed by atoms with Crippen LogP contribution in [-0.4, -0.2) is 43.1 Å². The monoisotopic (exact) mass is 546 g/mol. The minimum Gasteiger partial charge on any atom is -0.493 e. The summed E-state index contributed by atoms with van der Waals surface area (Å²) < 4.78 is 76.9. The lowest BCUT2D eigenvalue weighted by Gasteiger charge is -2.22. The second kappa shape index (κ2) is 9.43. The van der Waals surface area contributed by atoms with Crippen molar-refractivity contribution in [3.63, 3.8) is 0 Å². The largest absolute Gasteiger partial charge is 0.534 e. The van der Waals surface area contributed by atoms with Gasteiger partial charge in [0.25, 0.3) is 0 Å². The summed E-state index contributed by atoms with van der Waals surface area (Å²) in [6.07, 6.45) is 2.76. The van der Waals surface area contributed by atoms with Crippen LogP contribution < -0.4 is 8.92 Å². The number of esters is 1. The molecule has 2 aromatic heterocycles. The maximum Gasteiger partial charge on any atom is 0.534 e. The van der Waals surface area contributed by atoms with Gasteiger partial charge in [0.1, 0.15) is 5.75 Å². The predicted molar refractivity (Wildman–Crippen MR) is 132 cm³/mol. The zero-order chi connectivity index (χ0) is 27.2. The summed E-state index contributed by atoms with van der Waals surface area (Å²) in [5.41, 5.74) is -0.699. The Labute approximate surface area is 215 Å². The molecule has 0 bridgehead atoms. The second-order valence-electron chi connectivity index (χ2n) is 8.74. The molecule has 0 spiro atoms. The van der Waals surface area contributed by atoms with E-state index in [1.165, 1.54) is 13.0 Å². The van der Waals surface area contributed by atoms with Gasteiger partial charge in [0.15, 0.2) is 0 Å². The van der Waals surface area contributed by atoms with E-state index < -0.39 is 27.5 Å². The van der Waals surface area contributed by atoms with E-state index in [2.05, 4.69) is 14.2 Å². The molecule has 12 heteroatoms. The topological polar surface area (TPSA) is 105 Å². The van der Waals surface area contributed by atoms with Crippen LogP contribution in [-0.2, 0) is 32.5 Å². The fourth-order valence-corrected chi connectivity index (χ4v) is 5.08. The van der Waals surface area contributed by atoms with E-state index in [0.29, 0.717) is 47.2 Å². The molecule has 198 valence electrons. The number of fused-ring (bicyclic) bond motifs is 1. The van der Waals surface area contributed by atoms with Crippen molar-refractivity contribution in [2.45, 2.75) is 32.2 Å². The van der Waals surface area contributed by atoms with Crippen molar-refractivity contribution in [1.29, 1.82) is 0 Å². The maximum atomic E-state index is 12.9. The molecular formula is C26H21F3N2O6S. The van der Waals surface area contributed by atoms with Gasteiger partial charge in [-0.15, -0.1) is 0 Å². The van der Waals surface area contributed by atoms with Crippen LogP contribution in [0.1, 0.15) is 23.6 Å². The summed E-state index contributed by atoms with van der Waals surface area (Å²) >= 11 is 0. The molecule has 38 heavy (non-hydrogen) atoms. The van der Waals surface area contributed by atoms with Gasteiger partial charge in [0.2, 0.25) is 5.88 Å². The quantitative estimate of drug-likeness (QED) is 0.189. The molecule has 0 fully saturated rings. The molecule has 0 aliphatic carbocycles. The molecule has 0 radical (unpaired) electrons. The molecule has 0 N–H and O–H groups in total. The van der Waals surface area contributed by atoms with Crippen molar-refractivity contribution in [3.05, 3.63) is 59.3 Å². The van der Waals surface area contributed by atoms with Gasteiger partial charge < -0.3 is 13.7 Å². The van der Waals surface area contributed by atoms with Crippen molar-refractivity contribution in [3.8, 4) is 22.8 Å². The molecule has 0 amide bonds. The summed E-state index contributed by atoms with van der Waals surface area (Å²) in [4.78, 5) is 20.1. The number of carbonyl (C=O) groups excluding carboxylic acids is 1. The van der Waals surface area contributed by atoms with Crippen molar-refractivity contribution in [2.75, 3.05) is 13.2 Å². The molecule has 2 aromatic carbocycles. The molecular weight excluding hydrogens is 525 g/mol. The fraction of sp³-hybridized carbons (Fsp3) is 0.269. The molecule has 0 saturated heterocycles. The van der Waals surface area contributed by atoms with Gasteiger partial charge in [-0.25, -0.2) is 4.98 Å². The molecule has 5 rings (SSSR count). The van der Waals surface area contributed by atoms with Crippen molar-refractivity contribution in [2.24, 2.45) is 0 Å². The van der Waals surface area contributed by atoms with E-state index >= 15 is 0 Å². The Morgan fingerprint density at radius 1 is 1.16 bits per heavy atom. The number of aryl methyl sites for hydroxylation is 1. The smallest absolute Gasteiger partial charge is 0.493 e. The summed E-state index contributed by atoms with van der Waals surface area (Å²) in [5.74, 6) is -0.446. The standard InChI is InChI=1S/C26H21F3N2O6S/c1-14-13-20-18(4-6-22(31-20)37-38(33,34)26(27,28)29)24(17(14)9-12-35-15(2)32)19-3-5-21-23-16(8-11-36-21)7-10-30-25(19)23/h3-7,10,13H,8-9,11-12H2,1-2H3. The number of benzene rings is 2. The zero-order valence-electron chi connectivity index (χ0n) is 20.3. The lowest BCUT2D eigenvalue weighted by atomic mass is 9.88. The van der Waals surface area contributed by atoms with Gasteiger partial charge in [-0.2, -0.15) is 21.6 Å². The van der Waals surface area contributed by atoms with Crippen LogP contribution >= 0.6 is 0 Å². The molecule has 0 unspecified atom stereocenters.